The Kier molecular flexibility index (Phi) is 7.23. The molecular formula is C22H25FO6S. The molecule has 0 amide bonds. The van der Waals surface area contributed by atoms with Crippen molar-refractivity contribution in [1.82, 2.24) is 0 Å². The number of ether oxygens (including phenoxy) is 2. The van der Waals surface area contributed by atoms with E-state index >= 15 is 0 Å². The van der Waals surface area contributed by atoms with Gasteiger partial charge in [0.1, 0.15) is 5.82 Å². The van der Waals surface area contributed by atoms with Gasteiger partial charge in [-0.05, 0) is 43.7 Å². The fraction of sp³-hybridized carbons (Fsp3) is 0.409. The van der Waals surface area contributed by atoms with E-state index in [0.29, 0.717) is 5.56 Å². The Labute approximate surface area is 176 Å². The molecule has 1 aliphatic rings. The third kappa shape index (κ3) is 5.87. The number of carbonyl (C=O) groups is 1. The highest BCUT2D eigenvalue weighted by atomic mass is 32.2. The normalized spacial score (nSPS) is 21.9. The fourth-order valence-corrected chi connectivity index (χ4v) is 4.52. The largest absolute Gasteiger partial charge is 0.466 e. The molecule has 3 rings (SSSR count). The van der Waals surface area contributed by atoms with E-state index in [-0.39, 0.29) is 36.6 Å². The number of benzene rings is 2. The molecule has 6 nitrogen and oxygen atoms in total. The van der Waals surface area contributed by atoms with Gasteiger partial charge in [-0.1, -0.05) is 29.8 Å². The average Bonchev–Trinajstić information content (AvgIpc) is 2.68. The van der Waals surface area contributed by atoms with Crippen molar-refractivity contribution in [3.63, 3.8) is 0 Å². The van der Waals surface area contributed by atoms with E-state index < -0.39 is 34.4 Å². The minimum absolute atomic E-state index is 0.0179. The van der Waals surface area contributed by atoms with Crippen LogP contribution < -0.4 is 0 Å². The van der Waals surface area contributed by atoms with Crippen LogP contribution in [0.15, 0.2) is 53.4 Å². The van der Waals surface area contributed by atoms with Crippen molar-refractivity contribution in [2.45, 2.75) is 56.3 Å². The van der Waals surface area contributed by atoms with Crippen LogP contribution in [0.4, 0.5) is 4.39 Å². The molecule has 2 aromatic rings. The lowest BCUT2D eigenvalue weighted by Gasteiger charge is -2.35. The Hall–Kier alpha value is -2.29. The Morgan fingerprint density at radius 2 is 1.77 bits per heavy atom. The second-order valence-corrected chi connectivity index (χ2v) is 8.84. The maximum atomic E-state index is 13.3. The molecule has 0 radical (unpaired) electrons. The maximum absolute atomic E-state index is 13.3. The highest BCUT2D eigenvalue weighted by Crippen LogP contribution is 2.35. The van der Waals surface area contributed by atoms with Crippen molar-refractivity contribution < 1.29 is 31.3 Å². The SMILES string of the molecule is CCOC(=O)C[C@H]1C[C@@H](OS(=O)(=O)c2ccc(C)cc2)C[C@@H](c2ccc(F)cc2)O1. The zero-order valence-corrected chi connectivity index (χ0v) is 17.7. The van der Waals surface area contributed by atoms with Crippen LogP contribution in [-0.4, -0.2) is 33.2 Å². The molecule has 0 unspecified atom stereocenters. The Balaban J connectivity index is 1.79. The molecule has 30 heavy (non-hydrogen) atoms. The third-order valence-corrected chi connectivity index (χ3v) is 6.25. The van der Waals surface area contributed by atoms with Crippen LogP contribution in [0.1, 0.15) is 43.4 Å². The zero-order chi connectivity index (χ0) is 21.7. The summed E-state index contributed by atoms with van der Waals surface area (Å²) in [6.45, 7) is 3.82. The molecule has 0 aromatic heterocycles. The first-order valence-corrected chi connectivity index (χ1v) is 11.2. The van der Waals surface area contributed by atoms with Gasteiger partial charge in [0, 0.05) is 12.8 Å². The second kappa shape index (κ2) is 9.68. The molecule has 2 aromatic carbocycles. The second-order valence-electron chi connectivity index (χ2n) is 7.26. The molecular weight excluding hydrogens is 411 g/mol. The lowest BCUT2D eigenvalue weighted by Crippen LogP contribution is -2.36. The molecule has 162 valence electrons. The molecule has 1 saturated heterocycles. The summed E-state index contributed by atoms with van der Waals surface area (Å²) < 4.78 is 55.3. The van der Waals surface area contributed by atoms with Crippen LogP contribution in [0.5, 0.6) is 0 Å². The van der Waals surface area contributed by atoms with Crippen LogP contribution in [0.3, 0.4) is 0 Å². The van der Waals surface area contributed by atoms with Gasteiger partial charge >= 0.3 is 5.97 Å². The van der Waals surface area contributed by atoms with Crippen LogP contribution >= 0.6 is 0 Å². The quantitative estimate of drug-likeness (QED) is 0.481. The molecule has 0 N–H and O–H groups in total. The molecule has 1 heterocycles. The molecule has 8 heteroatoms. The van der Waals surface area contributed by atoms with Crippen molar-refractivity contribution in [2.24, 2.45) is 0 Å². The first kappa shape index (κ1) is 22.4. The summed E-state index contributed by atoms with van der Waals surface area (Å²) in [7, 11) is -3.98. The van der Waals surface area contributed by atoms with E-state index in [0.717, 1.165) is 5.56 Å². The van der Waals surface area contributed by atoms with Gasteiger partial charge in [-0.15, -0.1) is 0 Å². The van der Waals surface area contributed by atoms with Crippen molar-refractivity contribution in [3.8, 4) is 0 Å². The van der Waals surface area contributed by atoms with Gasteiger partial charge in [-0.25, -0.2) is 4.39 Å². The number of rotatable bonds is 7. The highest BCUT2D eigenvalue weighted by molar-refractivity contribution is 7.86. The lowest BCUT2D eigenvalue weighted by molar-refractivity contribution is -0.152. The summed E-state index contributed by atoms with van der Waals surface area (Å²) >= 11 is 0. The van der Waals surface area contributed by atoms with Gasteiger partial charge in [0.15, 0.2) is 0 Å². The molecule has 0 spiro atoms. The van der Waals surface area contributed by atoms with Crippen molar-refractivity contribution in [1.29, 1.82) is 0 Å². The van der Waals surface area contributed by atoms with Crippen molar-refractivity contribution in [3.05, 3.63) is 65.5 Å². The fourth-order valence-electron chi connectivity index (χ4n) is 3.42. The summed E-state index contributed by atoms with van der Waals surface area (Å²) in [5.41, 5.74) is 1.62. The smallest absolute Gasteiger partial charge is 0.308 e. The van der Waals surface area contributed by atoms with E-state index in [4.69, 9.17) is 13.7 Å². The first-order valence-electron chi connectivity index (χ1n) is 9.83. The third-order valence-electron chi connectivity index (χ3n) is 4.87. The van der Waals surface area contributed by atoms with Gasteiger partial charge < -0.3 is 9.47 Å². The molecule has 1 aliphatic heterocycles. The number of halogens is 1. The van der Waals surface area contributed by atoms with Crippen molar-refractivity contribution in [2.75, 3.05) is 6.61 Å². The van der Waals surface area contributed by atoms with E-state index in [2.05, 4.69) is 0 Å². The molecule has 3 atom stereocenters. The first-order chi connectivity index (χ1) is 14.3. The zero-order valence-electron chi connectivity index (χ0n) is 16.9. The Bertz CT molecular complexity index is 956. The summed E-state index contributed by atoms with van der Waals surface area (Å²) in [6, 6.07) is 12.2. The number of hydrogen-bond acceptors (Lipinski definition) is 6. The summed E-state index contributed by atoms with van der Waals surface area (Å²) in [4.78, 5) is 12.0. The van der Waals surface area contributed by atoms with Crippen LogP contribution in [0.25, 0.3) is 0 Å². The standard InChI is InChI=1S/C22H25FO6S/c1-3-27-22(24)14-18-12-19(13-21(28-18)16-6-8-17(23)9-7-16)29-30(25,26)20-10-4-15(2)5-11-20/h4-11,18-19,21H,3,12-14H2,1-2H3/t18-,19-,21+/m1/s1. The van der Waals surface area contributed by atoms with E-state index in [1.165, 1.54) is 24.3 Å². The van der Waals surface area contributed by atoms with Gasteiger partial charge in [-0.3, -0.25) is 8.98 Å². The van der Waals surface area contributed by atoms with Crippen LogP contribution in [0.2, 0.25) is 0 Å². The lowest BCUT2D eigenvalue weighted by atomic mass is 9.95. The summed E-state index contributed by atoms with van der Waals surface area (Å²) in [5, 5.41) is 0. The number of carbonyl (C=O) groups excluding carboxylic acids is 1. The average molecular weight is 437 g/mol. The van der Waals surface area contributed by atoms with Gasteiger partial charge in [0.25, 0.3) is 10.1 Å². The Morgan fingerprint density at radius 1 is 1.10 bits per heavy atom. The van der Waals surface area contributed by atoms with E-state index in [1.54, 1.807) is 31.2 Å². The maximum Gasteiger partial charge on any atom is 0.308 e. The number of esters is 1. The minimum atomic E-state index is -3.98. The molecule has 0 bridgehead atoms. The topological polar surface area (TPSA) is 78.9 Å². The van der Waals surface area contributed by atoms with E-state index in [1.807, 2.05) is 6.92 Å². The van der Waals surface area contributed by atoms with Gasteiger partial charge in [0.05, 0.1) is 36.2 Å². The molecule has 0 aliphatic carbocycles. The van der Waals surface area contributed by atoms with Crippen LogP contribution in [-0.2, 0) is 28.6 Å². The minimum Gasteiger partial charge on any atom is -0.466 e. The Morgan fingerprint density at radius 3 is 2.40 bits per heavy atom. The molecule has 1 fully saturated rings. The predicted molar refractivity (Wildman–Crippen MR) is 108 cm³/mol. The highest BCUT2D eigenvalue weighted by Gasteiger charge is 2.35. The van der Waals surface area contributed by atoms with Gasteiger partial charge in [-0.2, -0.15) is 8.42 Å². The van der Waals surface area contributed by atoms with Crippen molar-refractivity contribution >= 4 is 16.1 Å². The number of aryl methyl sites for hydroxylation is 1. The summed E-state index contributed by atoms with van der Waals surface area (Å²) in [5.74, 6) is -0.810. The van der Waals surface area contributed by atoms with Gasteiger partial charge in [0.2, 0.25) is 0 Å². The van der Waals surface area contributed by atoms with E-state index in [9.17, 15) is 17.6 Å². The molecule has 0 saturated carbocycles. The summed E-state index contributed by atoms with van der Waals surface area (Å²) in [6.07, 6.45) is -1.34. The number of hydrogen-bond donors (Lipinski definition) is 0. The monoisotopic (exact) mass is 436 g/mol. The predicted octanol–water partition coefficient (Wildman–Crippen LogP) is 4.08. The van der Waals surface area contributed by atoms with Crippen LogP contribution in [0, 0.1) is 12.7 Å².